The molecule has 5 nitrogen and oxygen atoms in total. The molecule has 0 atom stereocenters. The number of rotatable bonds is 9. The highest BCUT2D eigenvalue weighted by atomic mass is 16.5. The van der Waals surface area contributed by atoms with Crippen LogP contribution in [-0.2, 0) is 20.7 Å². The van der Waals surface area contributed by atoms with E-state index in [9.17, 15) is 14.4 Å². The molecule has 5 heteroatoms. The summed E-state index contributed by atoms with van der Waals surface area (Å²) in [6.07, 6.45) is 2.05. The number of carbonyl (C=O) groups is 3. The van der Waals surface area contributed by atoms with Crippen LogP contribution in [0.1, 0.15) is 42.1 Å². The number of anilines is 1. The molecule has 2 aromatic rings. The van der Waals surface area contributed by atoms with Crippen LogP contribution in [-0.4, -0.2) is 24.3 Å². The summed E-state index contributed by atoms with van der Waals surface area (Å²) in [5, 5.41) is 2.76. The first kappa shape index (κ1) is 19.4. The van der Waals surface area contributed by atoms with Gasteiger partial charge in [0.2, 0.25) is 5.91 Å². The number of Topliss-reactive ketones (excluding diaryl/α,β-unsaturated/α-hetero) is 1. The normalized spacial score (nSPS) is 10.2. The maximum atomic E-state index is 12.1. The van der Waals surface area contributed by atoms with E-state index in [-0.39, 0.29) is 24.7 Å². The van der Waals surface area contributed by atoms with Gasteiger partial charge in [-0.25, -0.2) is 0 Å². The molecular weight excluding hydrogens is 330 g/mol. The third-order valence-electron chi connectivity index (χ3n) is 3.79. The van der Waals surface area contributed by atoms with Gasteiger partial charge < -0.3 is 10.1 Å². The van der Waals surface area contributed by atoms with Crippen molar-refractivity contribution in [2.75, 3.05) is 11.9 Å². The van der Waals surface area contributed by atoms with Crippen LogP contribution in [0, 0.1) is 0 Å². The van der Waals surface area contributed by atoms with Crippen molar-refractivity contribution < 1.29 is 19.1 Å². The van der Waals surface area contributed by atoms with Gasteiger partial charge in [-0.1, -0.05) is 37.3 Å². The Labute approximate surface area is 153 Å². The molecule has 0 saturated carbocycles. The van der Waals surface area contributed by atoms with Gasteiger partial charge in [0.1, 0.15) is 0 Å². The number of ether oxygens (including phenoxy) is 1. The highest BCUT2D eigenvalue weighted by Crippen LogP contribution is 2.11. The molecule has 0 fully saturated rings. The number of carbonyl (C=O) groups excluding carboxylic acids is 3. The van der Waals surface area contributed by atoms with E-state index in [0.717, 1.165) is 12.0 Å². The van der Waals surface area contributed by atoms with E-state index >= 15 is 0 Å². The molecule has 26 heavy (non-hydrogen) atoms. The van der Waals surface area contributed by atoms with Crippen LogP contribution >= 0.6 is 0 Å². The maximum Gasteiger partial charge on any atom is 0.306 e. The molecular formula is C21H23NO4. The van der Waals surface area contributed by atoms with E-state index in [1.165, 1.54) is 0 Å². The van der Waals surface area contributed by atoms with Crippen molar-refractivity contribution in [3.05, 3.63) is 65.7 Å². The lowest BCUT2D eigenvalue weighted by Crippen LogP contribution is -2.15. The van der Waals surface area contributed by atoms with Gasteiger partial charge in [0.25, 0.3) is 0 Å². The van der Waals surface area contributed by atoms with Crippen LogP contribution in [0.15, 0.2) is 54.6 Å². The number of nitrogens with one attached hydrogen (secondary N) is 1. The minimum atomic E-state index is -0.398. The smallest absolute Gasteiger partial charge is 0.306 e. The first-order valence-corrected chi connectivity index (χ1v) is 8.71. The summed E-state index contributed by atoms with van der Waals surface area (Å²) in [6, 6.07) is 16.2. The van der Waals surface area contributed by atoms with Gasteiger partial charge in [0.05, 0.1) is 0 Å². The predicted molar refractivity (Wildman–Crippen MR) is 100 cm³/mol. The summed E-state index contributed by atoms with van der Waals surface area (Å²) in [6.45, 7) is 1.65. The fourth-order valence-corrected chi connectivity index (χ4v) is 2.38. The van der Waals surface area contributed by atoms with Gasteiger partial charge >= 0.3 is 5.97 Å². The van der Waals surface area contributed by atoms with E-state index in [2.05, 4.69) is 5.32 Å². The molecule has 0 bridgehead atoms. The van der Waals surface area contributed by atoms with Crippen LogP contribution in [0.2, 0.25) is 0 Å². The van der Waals surface area contributed by atoms with Crippen LogP contribution in [0.5, 0.6) is 0 Å². The Bertz CT molecular complexity index is 738. The highest BCUT2D eigenvalue weighted by Gasteiger charge is 2.10. The Balaban J connectivity index is 1.76. The largest absolute Gasteiger partial charge is 0.457 e. The molecule has 2 rings (SSSR count). The summed E-state index contributed by atoms with van der Waals surface area (Å²) in [5.74, 6) is -0.728. The molecule has 1 amide bonds. The molecule has 0 aliphatic rings. The zero-order chi connectivity index (χ0) is 18.8. The Kier molecular flexibility index (Phi) is 7.55. The summed E-state index contributed by atoms with van der Waals surface area (Å²) < 4.78 is 5.05. The van der Waals surface area contributed by atoms with Gasteiger partial charge in [0.15, 0.2) is 12.4 Å². The van der Waals surface area contributed by atoms with Crippen molar-refractivity contribution in [1.82, 2.24) is 0 Å². The van der Waals surface area contributed by atoms with Crippen molar-refractivity contribution in [2.45, 2.75) is 32.6 Å². The van der Waals surface area contributed by atoms with E-state index in [1.807, 2.05) is 37.3 Å². The van der Waals surface area contributed by atoms with Gasteiger partial charge in [-0.05, 0) is 42.7 Å². The Morgan fingerprint density at radius 2 is 1.62 bits per heavy atom. The minimum absolute atomic E-state index is 0.0566. The third-order valence-corrected chi connectivity index (χ3v) is 3.79. The standard InChI is InChI=1S/C21H23NO4/c1-2-6-20(24)22-18-12-10-17(11-13-18)19(23)15-26-21(25)14-9-16-7-4-3-5-8-16/h3-5,7-8,10-13H,2,6,9,14-15H2,1H3,(H,22,24). The number of benzene rings is 2. The van der Waals surface area contributed by atoms with E-state index in [1.54, 1.807) is 24.3 Å². The van der Waals surface area contributed by atoms with Gasteiger partial charge in [-0.3, -0.25) is 14.4 Å². The Morgan fingerprint density at radius 1 is 0.923 bits per heavy atom. The fourth-order valence-electron chi connectivity index (χ4n) is 2.38. The summed E-state index contributed by atoms with van der Waals surface area (Å²) in [7, 11) is 0. The second-order valence-corrected chi connectivity index (χ2v) is 5.94. The number of hydrogen-bond acceptors (Lipinski definition) is 4. The van der Waals surface area contributed by atoms with Gasteiger partial charge in [0, 0.05) is 24.1 Å². The predicted octanol–water partition coefficient (Wildman–Crippen LogP) is 3.78. The zero-order valence-corrected chi connectivity index (χ0v) is 14.9. The first-order chi connectivity index (χ1) is 12.6. The lowest BCUT2D eigenvalue weighted by molar-refractivity contribution is -0.142. The second-order valence-electron chi connectivity index (χ2n) is 5.94. The Hall–Kier alpha value is -2.95. The molecule has 0 radical (unpaired) electrons. The lowest BCUT2D eigenvalue weighted by atomic mass is 10.1. The molecule has 0 spiro atoms. The molecule has 0 heterocycles. The number of aryl methyl sites for hydroxylation is 1. The molecule has 0 unspecified atom stereocenters. The minimum Gasteiger partial charge on any atom is -0.457 e. The number of hydrogen-bond donors (Lipinski definition) is 1. The average Bonchev–Trinajstić information content (AvgIpc) is 2.66. The van der Waals surface area contributed by atoms with Crippen molar-refractivity contribution >= 4 is 23.3 Å². The molecule has 2 aromatic carbocycles. The topological polar surface area (TPSA) is 72.5 Å². The van der Waals surface area contributed by atoms with Crippen molar-refractivity contribution in [2.24, 2.45) is 0 Å². The zero-order valence-electron chi connectivity index (χ0n) is 14.9. The van der Waals surface area contributed by atoms with Crippen molar-refractivity contribution in [1.29, 1.82) is 0 Å². The van der Waals surface area contributed by atoms with Gasteiger partial charge in [-0.2, -0.15) is 0 Å². The highest BCUT2D eigenvalue weighted by molar-refractivity contribution is 5.98. The second kappa shape index (κ2) is 10.1. The molecule has 136 valence electrons. The van der Waals surface area contributed by atoms with Crippen molar-refractivity contribution in [3.8, 4) is 0 Å². The van der Waals surface area contributed by atoms with Crippen LogP contribution in [0.3, 0.4) is 0 Å². The van der Waals surface area contributed by atoms with Crippen molar-refractivity contribution in [3.63, 3.8) is 0 Å². The Morgan fingerprint density at radius 3 is 2.27 bits per heavy atom. The quantitative estimate of drug-likeness (QED) is 0.550. The summed E-state index contributed by atoms with van der Waals surface area (Å²) >= 11 is 0. The van der Waals surface area contributed by atoms with Crippen LogP contribution in [0.25, 0.3) is 0 Å². The molecule has 0 aliphatic carbocycles. The lowest BCUT2D eigenvalue weighted by Gasteiger charge is -2.07. The molecule has 0 aliphatic heterocycles. The maximum absolute atomic E-state index is 12.1. The first-order valence-electron chi connectivity index (χ1n) is 8.71. The SMILES string of the molecule is CCCC(=O)Nc1ccc(C(=O)COC(=O)CCc2ccccc2)cc1. The average molecular weight is 353 g/mol. The molecule has 1 N–H and O–H groups in total. The van der Waals surface area contributed by atoms with Gasteiger partial charge in [-0.15, -0.1) is 0 Å². The number of esters is 1. The van der Waals surface area contributed by atoms with Crippen LogP contribution < -0.4 is 5.32 Å². The van der Waals surface area contributed by atoms with E-state index in [4.69, 9.17) is 4.74 Å². The molecule has 0 saturated heterocycles. The van der Waals surface area contributed by atoms with E-state index < -0.39 is 5.97 Å². The fraction of sp³-hybridized carbons (Fsp3) is 0.286. The third kappa shape index (κ3) is 6.51. The monoisotopic (exact) mass is 353 g/mol. The summed E-state index contributed by atoms with van der Waals surface area (Å²) in [4.78, 5) is 35.4. The molecule has 0 aromatic heterocycles. The van der Waals surface area contributed by atoms with Crippen LogP contribution in [0.4, 0.5) is 5.69 Å². The summed E-state index contributed by atoms with van der Waals surface area (Å²) in [5.41, 5.74) is 2.13. The number of amides is 1. The van der Waals surface area contributed by atoms with E-state index in [0.29, 0.717) is 24.1 Å². The number of ketones is 1.